The van der Waals surface area contributed by atoms with Crippen LogP contribution in [0, 0.1) is 0 Å². The van der Waals surface area contributed by atoms with E-state index in [1.165, 1.54) is 27.4 Å². The standard InChI is InChI=1S/C60H38N2O2/c1-2-14-43(15-3-1)62-54-23-7-4-17-49(54)53-38-41(31-36-55(53)62)39-27-32-44(33-28-39)61(45-34-29-40(30-35-45)47-20-12-26-58-59(47)52-19-6-9-25-57(52)63-58)46-16-10-13-42(37-46)48-21-11-22-51-50-18-5-8-24-56(50)64-60(48)51/h1-38H. The van der Waals surface area contributed by atoms with Gasteiger partial charge < -0.3 is 18.3 Å². The van der Waals surface area contributed by atoms with Crippen molar-refractivity contribution in [2.75, 3.05) is 4.90 Å². The first kappa shape index (κ1) is 36.1. The van der Waals surface area contributed by atoms with Crippen LogP contribution < -0.4 is 4.90 Å². The van der Waals surface area contributed by atoms with E-state index in [0.717, 1.165) is 94.4 Å². The van der Waals surface area contributed by atoms with Crippen molar-refractivity contribution in [3.63, 3.8) is 0 Å². The van der Waals surface area contributed by atoms with Gasteiger partial charge in [-0.3, -0.25) is 0 Å². The number of aromatic nitrogens is 1. The normalized spacial score (nSPS) is 11.8. The van der Waals surface area contributed by atoms with Crippen LogP contribution in [0.25, 0.3) is 105 Å². The number of hydrogen-bond acceptors (Lipinski definition) is 3. The molecule has 0 spiro atoms. The summed E-state index contributed by atoms with van der Waals surface area (Å²) in [4.78, 5) is 2.35. The Labute approximate surface area is 369 Å². The molecular formula is C60H38N2O2. The van der Waals surface area contributed by atoms with E-state index in [2.05, 4.69) is 216 Å². The number of benzene rings is 10. The fourth-order valence-electron chi connectivity index (χ4n) is 9.85. The molecule has 0 bridgehead atoms. The molecule has 0 saturated carbocycles. The molecule has 0 N–H and O–H groups in total. The Balaban J connectivity index is 0.928. The van der Waals surface area contributed by atoms with Gasteiger partial charge in [0, 0.05) is 60.6 Å². The second kappa shape index (κ2) is 14.5. The van der Waals surface area contributed by atoms with Crippen molar-refractivity contribution >= 4 is 82.7 Å². The Morgan fingerprint density at radius 1 is 0.312 bits per heavy atom. The number of anilines is 3. The van der Waals surface area contributed by atoms with Gasteiger partial charge in [-0.2, -0.15) is 0 Å². The molecule has 0 radical (unpaired) electrons. The molecule has 4 heteroatoms. The van der Waals surface area contributed by atoms with Crippen LogP contribution in [0.4, 0.5) is 17.1 Å². The fraction of sp³-hybridized carbons (Fsp3) is 0. The summed E-state index contributed by atoms with van der Waals surface area (Å²) in [7, 11) is 0. The molecule has 0 aliphatic rings. The summed E-state index contributed by atoms with van der Waals surface area (Å²) < 4.78 is 15.2. The fourth-order valence-corrected chi connectivity index (χ4v) is 9.85. The van der Waals surface area contributed by atoms with Crippen molar-refractivity contribution < 1.29 is 8.83 Å². The lowest BCUT2D eigenvalue weighted by molar-refractivity contribution is 0.669. The summed E-state index contributed by atoms with van der Waals surface area (Å²) in [6.45, 7) is 0. The van der Waals surface area contributed by atoms with Crippen molar-refractivity contribution in [2.45, 2.75) is 0 Å². The quantitative estimate of drug-likeness (QED) is 0.161. The Morgan fingerprint density at radius 2 is 0.906 bits per heavy atom. The van der Waals surface area contributed by atoms with Crippen LogP contribution in [-0.4, -0.2) is 4.57 Å². The number of fused-ring (bicyclic) bond motifs is 9. The van der Waals surface area contributed by atoms with Gasteiger partial charge in [-0.15, -0.1) is 0 Å². The highest BCUT2D eigenvalue weighted by Crippen LogP contribution is 2.43. The van der Waals surface area contributed by atoms with Crippen LogP contribution in [0.5, 0.6) is 0 Å². The van der Waals surface area contributed by atoms with Crippen LogP contribution in [0.2, 0.25) is 0 Å². The average molecular weight is 819 g/mol. The zero-order valence-corrected chi connectivity index (χ0v) is 34.7. The first-order chi connectivity index (χ1) is 31.7. The zero-order valence-electron chi connectivity index (χ0n) is 34.7. The molecule has 13 aromatic rings. The summed E-state index contributed by atoms with van der Waals surface area (Å²) >= 11 is 0. The molecule has 10 aromatic carbocycles. The number of rotatable bonds is 7. The van der Waals surface area contributed by atoms with Gasteiger partial charge in [0.15, 0.2) is 0 Å². The molecule has 0 atom stereocenters. The third-order valence-corrected chi connectivity index (χ3v) is 12.8. The Kier molecular flexibility index (Phi) is 8.18. The molecule has 3 heterocycles. The molecule has 0 fully saturated rings. The average Bonchev–Trinajstić information content (AvgIpc) is 4.05. The molecule has 0 amide bonds. The van der Waals surface area contributed by atoms with Crippen LogP contribution in [0.15, 0.2) is 239 Å². The van der Waals surface area contributed by atoms with Gasteiger partial charge in [0.25, 0.3) is 0 Å². The van der Waals surface area contributed by atoms with E-state index < -0.39 is 0 Å². The van der Waals surface area contributed by atoms with Gasteiger partial charge >= 0.3 is 0 Å². The Bertz CT molecular complexity index is 3890. The highest BCUT2D eigenvalue weighted by Gasteiger charge is 2.19. The SMILES string of the molecule is c1ccc(-n2c3ccccc3c3cc(-c4ccc(N(c5ccc(-c6cccc7oc8ccccc8c67)cc5)c5cccc(-c6cccc7c6oc6ccccc67)c5)cc4)ccc32)cc1. The van der Waals surface area contributed by atoms with E-state index in [1.54, 1.807) is 0 Å². The molecule has 0 unspecified atom stereocenters. The van der Waals surface area contributed by atoms with Crippen molar-refractivity contribution in [1.82, 2.24) is 4.57 Å². The van der Waals surface area contributed by atoms with Crippen molar-refractivity contribution in [3.05, 3.63) is 231 Å². The highest BCUT2D eigenvalue weighted by atomic mass is 16.3. The van der Waals surface area contributed by atoms with E-state index in [9.17, 15) is 0 Å². The maximum atomic E-state index is 6.52. The first-order valence-electron chi connectivity index (χ1n) is 21.7. The zero-order chi connectivity index (χ0) is 42.1. The monoisotopic (exact) mass is 818 g/mol. The largest absolute Gasteiger partial charge is 0.456 e. The van der Waals surface area contributed by atoms with Gasteiger partial charge in [-0.25, -0.2) is 0 Å². The smallest absolute Gasteiger partial charge is 0.143 e. The third kappa shape index (κ3) is 5.77. The van der Waals surface area contributed by atoms with Gasteiger partial charge in [0.05, 0.1) is 11.0 Å². The van der Waals surface area contributed by atoms with Crippen LogP contribution in [0.3, 0.4) is 0 Å². The molecule has 0 saturated heterocycles. The van der Waals surface area contributed by atoms with Gasteiger partial charge in [0.2, 0.25) is 0 Å². The molecule has 4 nitrogen and oxygen atoms in total. The number of nitrogens with zero attached hydrogens (tertiary/aromatic N) is 2. The number of furan rings is 2. The van der Waals surface area contributed by atoms with Crippen LogP contribution in [0.1, 0.15) is 0 Å². The van der Waals surface area contributed by atoms with Crippen LogP contribution in [-0.2, 0) is 0 Å². The first-order valence-corrected chi connectivity index (χ1v) is 21.7. The van der Waals surface area contributed by atoms with E-state index in [1.807, 2.05) is 24.3 Å². The lowest BCUT2D eigenvalue weighted by Crippen LogP contribution is -2.10. The van der Waals surface area contributed by atoms with Crippen molar-refractivity contribution in [3.8, 4) is 39.1 Å². The topological polar surface area (TPSA) is 34.5 Å². The summed E-state index contributed by atoms with van der Waals surface area (Å²) in [5.41, 5.74) is 17.0. The van der Waals surface area contributed by atoms with Crippen molar-refractivity contribution in [2.24, 2.45) is 0 Å². The minimum absolute atomic E-state index is 0.891. The van der Waals surface area contributed by atoms with E-state index in [-0.39, 0.29) is 0 Å². The minimum atomic E-state index is 0.891. The highest BCUT2D eigenvalue weighted by molar-refractivity contribution is 6.13. The van der Waals surface area contributed by atoms with Gasteiger partial charge in [0.1, 0.15) is 22.3 Å². The second-order valence-corrected chi connectivity index (χ2v) is 16.5. The van der Waals surface area contributed by atoms with E-state index in [0.29, 0.717) is 0 Å². The summed E-state index contributed by atoms with van der Waals surface area (Å²) in [5.74, 6) is 0. The number of para-hydroxylation sites is 5. The maximum absolute atomic E-state index is 6.52. The van der Waals surface area contributed by atoms with Crippen molar-refractivity contribution in [1.29, 1.82) is 0 Å². The lowest BCUT2D eigenvalue weighted by atomic mass is 9.98. The summed E-state index contributed by atoms with van der Waals surface area (Å²) in [5, 5.41) is 6.97. The van der Waals surface area contributed by atoms with Crippen LogP contribution >= 0.6 is 0 Å². The molecule has 0 aliphatic heterocycles. The maximum Gasteiger partial charge on any atom is 0.143 e. The molecule has 64 heavy (non-hydrogen) atoms. The van der Waals surface area contributed by atoms with Gasteiger partial charge in [-0.1, -0.05) is 146 Å². The number of hydrogen-bond donors (Lipinski definition) is 0. The lowest BCUT2D eigenvalue weighted by Gasteiger charge is -2.26. The van der Waals surface area contributed by atoms with E-state index in [4.69, 9.17) is 8.83 Å². The summed E-state index contributed by atoms with van der Waals surface area (Å²) in [6, 6.07) is 82.2. The molecule has 3 aromatic heterocycles. The Morgan fingerprint density at radius 3 is 1.72 bits per heavy atom. The molecule has 13 rings (SSSR count). The van der Waals surface area contributed by atoms with E-state index >= 15 is 0 Å². The molecule has 0 aliphatic carbocycles. The second-order valence-electron chi connectivity index (χ2n) is 16.5. The third-order valence-electron chi connectivity index (χ3n) is 12.8. The minimum Gasteiger partial charge on any atom is -0.456 e. The van der Waals surface area contributed by atoms with Gasteiger partial charge in [-0.05, 0) is 113 Å². The predicted octanol–water partition coefficient (Wildman–Crippen LogP) is 17.1. The molecular weight excluding hydrogens is 781 g/mol. The summed E-state index contributed by atoms with van der Waals surface area (Å²) in [6.07, 6.45) is 0. The predicted molar refractivity (Wildman–Crippen MR) is 266 cm³/mol. The Hall–Kier alpha value is -8.60. The molecule has 300 valence electrons.